The molecule has 0 amide bonds. The van der Waals surface area contributed by atoms with Crippen molar-refractivity contribution in [3.63, 3.8) is 0 Å². The van der Waals surface area contributed by atoms with E-state index in [1.54, 1.807) is 17.6 Å². The number of H-pyrrole nitrogens is 1. The molecule has 0 aliphatic carbocycles. The average Bonchev–Trinajstić information content (AvgIpc) is 2.66. The lowest BCUT2D eigenvalue weighted by Crippen LogP contribution is -1.98. The molecule has 0 saturated carbocycles. The number of fused-ring (bicyclic) bond motifs is 1. The van der Waals surface area contributed by atoms with Gasteiger partial charge in [0.15, 0.2) is 4.77 Å². The van der Waals surface area contributed by atoms with Crippen LogP contribution in [0.5, 0.6) is 0 Å². The number of hydrogen-bond donors (Lipinski definition) is 1. The highest BCUT2D eigenvalue weighted by Crippen LogP contribution is 2.33. The highest BCUT2D eigenvalue weighted by atomic mass is 35.5. The Morgan fingerprint density at radius 2 is 1.71 bits per heavy atom. The lowest BCUT2D eigenvalue weighted by Gasteiger charge is -2.10. The molecule has 0 aliphatic heterocycles. The molecular weight excluding hydrogens is 337 g/mol. The average molecular weight is 345 g/mol. The van der Waals surface area contributed by atoms with Crippen LogP contribution in [0.3, 0.4) is 0 Å². The first kappa shape index (κ1) is 14.5. The van der Waals surface area contributed by atoms with E-state index in [0.717, 1.165) is 12.1 Å². The Morgan fingerprint density at radius 3 is 2.33 bits per heavy atom. The minimum atomic E-state index is -0.540. The Kier molecular flexibility index (Phi) is 3.51. The van der Waals surface area contributed by atoms with Crippen molar-refractivity contribution in [2.24, 2.45) is 0 Å². The summed E-state index contributed by atoms with van der Waals surface area (Å²) in [6.45, 7) is 1.64. The number of imidazole rings is 1. The van der Waals surface area contributed by atoms with Gasteiger partial charge in [0, 0.05) is 0 Å². The van der Waals surface area contributed by atoms with E-state index in [-0.39, 0.29) is 15.9 Å². The fraction of sp³-hybridized carbons (Fsp3) is 0.0714. The predicted octanol–water partition coefficient (Wildman–Crippen LogP) is 5.58. The van der Waals surface area contributed by atoms with Gasteiger partial charge in [-0.25, -0.2) is 8.78 Å². The summed E-state index contributed by atoms with van der Waals surface area (Å²) in [6.07, 6.45) is 0. The van der Waals surface area contributed by atoms with Crippen molar-refractivity contribution in [2.75, 3.05) is 0 Å². The summed E-state index contributed by atoms with van der Waals surface area (Å²) in [6, 6.07) is 5.29. The zero-order chi connectivity index (χ0) is 15.3. The van der Waals surface area contributed by atoms with Gasteiger partial charge in [0.2, 0.25) is 0 Å². The second kappa shape index (κ2) is 5.09. The molecule has 2 aromatic carbocycles. The second-order valence-electron chi connectivity index (χ2n) is 4.60. The van der Waals surface area contributed by atoms with Gasteiger partial charge in [-0.05, 0) is 49.0 Å². The molecule has 0 atom stereocenters. The Morgan fingerprint density at radius 1 is 1.10 bits per heavy atom. The molecule has 3 rings (SSSR count). The van der Waals surface area contributed by atoms with Crippen molar-refractivity contribution >= 4 is 46.5 Å². The van der Waals surface area contributed by atoms with Gasteiger partial charge in [0.25, 0.3) is 0 Å². The Bertz CT molecular complexity index is 908. The number of nitrogens with zero attached hydrogens (tertiary/aromatic N) is 1. The van der Waals surface area contributed by atoms with Crippen LogP contribution in [0, 0.1) is 23.3 Å². The molecule has 21 heavy (non-hydrogen) atoms. The molecule has 7 heteroatoms. The third kappa shape index (κ3) is 2.35. The first-order chi connectivity index (χ1) is 9.88. The monoisotopic (exact) mass is 344 g/mol. The smallest absolute Gasteiger partial charge is 0.182 e. The molecule has 0 aliphatic rings. The first-order valence-electron chi connectivity index (χ1n) is 5.94. The van der Waals surface area contributed by atoms with E-state index in [2.05, 4.69) is 4.98 Å². The standard InChI is InChI=1S/C14H8Cl2F2N2S/c1-6-2-12-11(5-10(6)18)19-14(21)20(12)13-8(15)3-7(17)4-9(13)16/h2-5H,1H3,(H,19,21). The third-order valence-corrected chi connectivity index (χ3v) is 4.03. The lowest BCUT2D eigenvalue weighted by molar-refractivity contribution is 0.620. The molecule has 0 unspecified atom stereocenters. The second-order valence-corrected chi connectivity index (χ2v) is 5.80. The molecule has 1 N–H and O–H groups in total. The third-order valence-electron chi connectivity index (χ3n) is 3.17. The quantitative estimate of drug-likeness (QED) is 0.571. The molecule has 0 radical (unpaired) electrons. The van der Waals surface area contributed by atoms with Crippen molar-refractivity contribution in [3.8, 4) is 5.69 Å². The summed E-state index contributed by atoms with van der Waals surface area (Å²) in [7, 11) is 0. The predicted molar refractivity (Wildman–Crippen MR) is 83.1 cm³/mol. The molecule has 0 saturated heterocycles. The lowest BCUT2D eigenvalue weighted by atomic mass is 10.2. The number of halogens is 4. The van der Waals surface area contributed by atoms with Crippen LogP contribution in [-0.4, -0.2) is 9.55 Å². The van der Waals surface area contributed by atoms with Crippen LogP contribution in [0.25, 0.3) is 16.7 Å². The number of hydrogen-bond acceptors (Lipinski definition) is 1. The Labute approximate surface area is 133 Å². The minimum Gasteiger partial charge on any atom is -0.330 e. The van der Waals surface area contributed by atoms with E-state index in [4.69, 9.17) is 35.4 Å². The van der Waals surface area contributed by atoms with Gasteiger partial charge in [-0.3, -0.25) is 4.57 Å². The SMILES string of the molecule is Cc1cc2c(cc1F)[nH]c(=S)n2-c1c(Cl)cc(F)cc1Cl. The van der Waals surface area contributed by atoms with E-state index in [1.807, 2.05) is 0 Å². The maximum Gasteiger partial charge on any atom is 0.182 e. The zero-order valence-corrected chi connectivity index (χ0v) is 13.0. The van der Waals surface area contributed by atoms with Gasteiger partial charge in [-0.1, -0.05) is 23.2 Å². The van der Waals surface area contributed by atoms with E-state index < -0.39 is 5.82 Å². The van der Waals surface area contributed by atoms with Gasteiger partial charge in [-0.2, -0.15) is 0 Å². The molecular formula is C14H8Cl2F2N2S. The van der Waals surface area contributed by atoms with Crippen LogP contribution >= 0.6 is 35.4 Å². The molecule has 3 aromatic rings. The fourth-order valence-electron chi connectivity index (χ4n) is 2.20. The van der Waals surface area contributed by atoms with Crippen LogP contribution in [0.1, 0.15) is 5.56 Å². The zero-order valence-electron chi connectivity index (χ0n) is 10.7. The highest BCUT2D eigenvalue weighted by molar-refractivity contribution is 7.71. The maximum atomic E-state index is 13.6. The van der Waals surface area contributed by atoms with Gasteiger partial charge in [-0.15, -0.1) is 0 Å². The van der Waals surface area contributed by atoms with Gasteiger partial charge in [0.05, 0.1) is 26.8 Å². The van der Waals surface area contributed by atoms with Crippen LogP contribution < -0.4 is 0 Å². The summed E-state index contributed by atoms with van der Waals surface area (Å²) >= 11 is 17.4. The highest BCUT2D eigenvalue weighted by Gasteiger charge is 2.16. The summed E-state index contributed by atoms with van der Waals surface area (Å²) in [4.78, 5) is 2.89. The molecule has 0 spiro atoms. The van der Waals surface area contributed by atoms with E-state index in [1.165, 1.54) is 6.07 Å². The normalized spacial score (nSPS) is 11.3. The van der Waals surface area contributed by atoms with Crippen LogP contribution in [-0.2, 0) is 0 Å². The van der Waals surface area contributed by atoms with E-state index in [9.17, 15) is 8.78 Å². The largest absolute Gasteiger partial charge is 0.330 e. The number of aromatic nitrogens is 2. The van der Waals surface area contributed by atoms with E-state index >= 15 is 0 Å². The molecule has 108 valence electrons. The van der Waals surface area contributed by atoms with Crippen molar-refractivity contribution in [3.05, 3.63) is 56.3 Å². The Balaban J connectivity index is 2.44. The number of aromatic amines is 1. The molecule has 1 aromatic heterocycles. The van der Waals surface area contributed by atoms with Crippen molar-refractivity contribution < 1.29 is 8.78 Å². The van der Waals surface area contributed by atoms with Crippen LogP contribution in [0.2, 0.25) is 10.0 Å². The minimum absolute atomic E-state index is 0.124. The van der Waals surface area contributed by atoms with Crippen LogP contribution in [0.4, 0.5) is 8.78 Å². The molecule has 1 heterocycles. The van der Waals surface area contributed by atoms with Crippen molar-refractivity contribution in [1.29, 1.82) is 0 Å². The molecule has 2 nitrogen and oxygen atoms in total. The summed E-state index contributed by atoms with van der Waals surface area (Å²) in [5.74, 6) is -0.885. The van der Waals surface area contributed by atoms with Gasteiger partial charge in [0.1, 0.15) is 11.6 Å². The number of aryl methyl sites for hydroxylation is 1. The Hall–Kier alpha value is -1.43. The fourth-order valence-corrected chi connectivity index (χ4v) is 3.13. The summed E-state index contributed by atoms with van der Waals surface area (Å²) in [5, 5.41) is 0.248. The number of nitrogens with one attached hydrogen (secondary N) is 1. The van der Waals surface area contributed by atoms with Gasteiger partial charge >= 0.3 is 0 Å². The number of rotatable bonds is 1. The molecule has 0 bridgehead atoms. The van der Waals surface area contributed by atoms with Crippen molar-refractivity contribution in [2.45, 2.75) is 6.92 Å². The topological polar surface area (TPSA) is 20.7 Å². The number of benzene rings is 2. The summed E-state index contributed by atoms with van der Waals surface area (Å²) < 4.78 is 28.8. The van der Waals surface area contributed by atoms with E-state index in [0.29, 0.717) is 27.1 Å². The van der Waals surface area contributed by atoms with Gasteiger partial charge < -0.3 is 4.98 Å². The first-order valence-corrected chi connectivity index (χ1v) is 7.10. The summed E-state index contributed by atoms with van der Waals surface area (Å²) in [5.41, 5.74) is 1.95. The molecule has 0 fully saturated rings. The van der Waals surface area contributed by atoms with Crippen LogP contribution in [0.15, 0.2) is 24.3 Å². The van der Waals surface area contributed by atoms with Crippen molar-refractivity contribution in [1.82, 2.24) is 9.55 Å². The maximum absolute atomic E-state index is 13.6.